The second kappa shape index (κ2) is 7.82. The van der Waals surface area contributed by atoms with E-state index in [0.29, 0.717) is 25.2 Å². The van der Waals surface area contributed by atoms with Gasteiger partial charge >= 0.3 is 0 Å². The largest absolute Gasteiger partial charge is 0.469 e. The SMILES string of the molecule is CC(C)(C)C1=NN(CC(=O)NCCc2ccco2)C(=O)c2cc3ccccc3n2C1. The van der Waals surface area contributed by atoms with Crippen LogP contribution in [0.2, 0.25) is 0 Å². The average Bonchev–Trinajstić information content (AvgIpc) is 3.30. The molecule has 0 unspecified atom stereocenters. The topological polar surface area (TPSA) is 79.8 Å². The Kier molecular flexibility index (Phi) is 5.20. The van der Waals surface area contributed by atoms with Crippen molar-refractivity contribution in [1.82, 2.24) is 14.9 Å². The highest BCUT2D eigenvalue weighted by atomic mass is 16.3. The summed E-state index contributed by atoms with van der Waals surface area (Å²) in [5.41, 5.74) is 2.13. The fourth-order valence-corrected chi connectivity index (χ4v) is 3.53. The van der Waals surface area contributed by atoms with Crippen LogP contribution in [-0.2, 0) is 17.8 Å². The number of nitrogens with zero attached hydrogens (tertiary/aromatic N) is 3. The molecule has 156 valence electrons. The minimum Gasteiger partial charge on any atom is -0.469 e. The normalized spacial score (nSPS) is 14.4. The summed E-state index contributed by atoms with van der Waals surface area (Å²) in [7, 11) is 0. The van der Waals surface area contributed by atoms with Crippen LogP contribution in [0.3, 0.4) is 0 Å². The minimum atomic E-state index is -0.272. The van der Waals surface area contributed by atoms with Crippen molar-refractivity contribution in [2.24, 2.45) is 10.5 Å². The number of hydrogen-bond donors (Lipinski definition) is 1. The van der Waals surface area contributed by atoms with Crippen molar-refractivity contribution in [3.05, 3.63) is 60.2 Å². The van der Waals surface area contributed by atoms with Crippen LogP contribution in [0.4, 0.5) is 0 Å². The molecule has 1 N–H and O–H groups in total. The summed E-state index contributed by atoms with van der Waals surface area (Å²) >= 11 is 0. The third-order valence-electron chi connectivity index (χ3n) is 5.25. The number of furan rings is 1. The van der Waals surface area contributed by atoms with Crippen LogP contribution < -0.4 is 5.32 Å². The Morgan fingerprint density at radius 1 is 1.20 bits per heavy atom. The van der Waals surface area contributed by atoms with Gasteiger partial charge in [-0.15, -0.1) is 0 Å². The highest BCUT2D eigenvalue weighted by Gasteiger charge is 2.31. The zero-order chi connectivity index (χ0) is 21.3. The molecule has 0 saturated carbocycles. The number of amides is 2. The van der Waals surface area contributed by atoms with Gasteiger partial charge in [-0.3, -0.25) is 9.59 Å². The van der Waals surface area contributed by atoms with Gasteiger partial charge in [0, 0.05) is 29.3 Å². The van der Waals surface area contributed by atoms with Crippen molar-refractivity contribution >= 4 is 28.4 Å². The molecule has 2 aromatic heterocycles. The number of fused-ring (bicyclic) bond motifs is 3. The highest BCUT2D eigenvalue weighted by Crippen LogP contribution is 2.27. The molecule has 0 aliphatic carbocycles. The van der Waals surface area contributed by atoms with Crippen molar-refractivity contribution in [2.75, 3.05) is 13.1 Å². The van der Waals surface area contributed by atoms with Crippen molar-refractivity contribution in [3.8, 4) is 0 Å². The Balaban J connectivity index is 1.58. The number of rotatable bonds is 5. The summed E-state index contributed by atoms with van der Waals surface area (Å²) in [5.74, 6) is 0.279. The number of benzene rings is 1. The number of hydrazone groups is 1. The molecular weight excluding hydrogens is 380 g/mol. The van der Waals surface area contributed by atoms with E-state index in [-0.39, 0.29) is 23.8 Å². The molecule has 30 heavy (non-hydrogen) atoms. The van der Waals surface area contributed by atoms with Gasteiger partial charge < -0.3 is 14.3 Å². The minimum absolute atomic E-state index is 0.127. The van der Waals surface area contributed by atoms with Crippen LogP contribution in [-0.4, -0.2) is 40.2 Å². The van der Waals surface area contributed by atoms with Crippen LogP contribution in [0.5, 0.6) is 0 Å². The molecule has 2 amide bonds. The van der Waals surface area contributed by atoms with E-state index in [0.717, 1.165) is 22.4 Å². The Bertz CT molecular complexity index is 1100. The van der Waals surface area contributed by atoms with Gasteiger partial charge in [-0.2, -0.15) is 5.10 Å². The lowest BCUT2D eigenvalue weighted by molar-refractivity contribution is -0.121. The fourth-order valence-electron chi connectivity index (χ4n) is 3.53. The lowest BCUT2D eigenvalue weighted by Crippen LogP contribution is -2.39. The lowest BCUT2D eigenvalue weighted by atomic mass is 9.90. The van der Waals surface area contributed by atoms with E-state index in [1.807, 2.05) is 47.0 Å². The van der Waals surface area contributed by atoms with Crippen molar-refractivity contribution in [3.63, 3.8) is 0 Å². The standard InChI is InChI=1S/C23H26N4O3/c1-23(2,3)20-14-26-18-9-5-4-7-16(18)13-19(26)22(29)27(25-20)15-21(28)24-11-10-17-8-6-12-30-17/h4-9,12-13H,10-11,14-15H2,1-3H3,(H,24,28). The van der Waals surface area contributed by atoms with E-state index in [4.69, 9.17) is 4.42 Å². The maximum absolute atomic E-state index is 13.3. The molecule has 0 fully saturated rings. The van der Waals surface area contributed by atoms with E-state index in [1.165, 1.54) is 5.01 Å². The Morgan fingerprint density at radius 2 is 2.00 bits per heavy atom. The number of para-hydroxylation sites is 1. The van der Waals surface area contributed by atoms with E-state index >= 15 is 0 Å². The summed E-state index contributed by atoms with van der Waals surface area (Å²) in [6.45, 7) is 7.01. The summed E-state index contributed by atoms with van der Waals surface area (Å²) in [4.78, 5) is 25.8. The van der Waals surface area contributed by atoms with Gasteiger partial charge in [-0.25, -0.2) is 5.01 Å². The number of carbonyl (C=O) groups excluding carboxylic acids is 2. The number of hydrogen-bond acceptors (Lipinski definition) is 4. The van der Waals surface area contributed by atoms with Crippen LogP contribution in [0.25, 0.3) is 10.9 Å². The molecule has 0 atom stereocenters. The number of carbonyl (C=O) groups is 2. The number of nitrogens with one attached hydrogen (secondary N) is 1. The van der Waals surface area contributed by atoms with Gasteiger partial charge in [0.1, 0.15) is 18.0 Å². The zero-order valence-electron chi connectivity index (χ0n) is 17.5. The molecule has 0 bridgehead atoms. The molecule has 4 rings (SSSR count). The second-order valence-electron chi connectivity index (χ2n) is 8.51. The molecule has 0 spiro atoms. The van der Waals surface area contributed by atoms with E-state index in [9.17, 15) is 9.59 Å². The van der Waals surface area contributed by atoms with Gasteiger partial charge in [-0.1, -0.05) is 39.0 Å². The first-order valence-electron chi connectivity index (χ1n) is 10.1. The zero-order valence-corrected chi connectivity index (χ0v) is 17.5. The first kappa shape index (κ1) is 19.9. The summed E-state index contributed by atoms with van der Waals surface area (Å²) in [6.07, 6.45) is 2.20. The predicted octanol–water partition coefficient (Wildman–Crippen LogP) is 3.45. The molecule has 3 aromatic rings. The second-order valence-corrected chi connectivity index (χ2v) is 8.51. The van der Waals surface area contributed by atoms with Gasteiger partial charge in [-0.05, 0) is 24.3 Å². The third-order valence-corrected chi connectivity index (χ3v) is 5.25. The smallest absolute Gasteiger partial charge is 0.291 e. The Morgan fingerprint density at radius 3 is 2.73 bits per heavy atom. The van der Waals surface area contributed by atoms with Crippen molar-refractivity contribution < 1.29 is 14.0 Å². The summed E-state index contributed by atoms with van der Waals surface area (Å²) in [6, 6.07) is 13.5. The Hall–Kier alpha value is -3.35. The molecular formula is C23H26N4O3. The average molecular weight is 406 g/mol. The third kappa shape index (κ3) is 4.01. The highest BCUT2D eigenvalue weighted by molar-refractivity contribution is 6.03. The molecule has 7 nitrogen and oxygen atoms in total. The lowest BCUT2D eigenvalue weighted by Gasteiger charge is -2.23. The Labute approximate surface area is 175 Å². The molecule has 7 heteroatoms. The van der Waals surface area contributed by atoms with Crippen molar-refractivity contribution in [2.45, 2.75) is 33.7 Å². The van der Waals surface area contributed by atoms with E-state index in [1.54, 1.807) is 6.26 Å². The van der Waals surface area contributed by atoms with E-state index < -0.39 is 0 Å². The number of aromatic nitrogens is 1. The van der Waals surface area contributed by atoms with Crippen LogP contribution in [0, 0.1) is 5.41 Å². The fraction of sp³-hybridized carbons (Fsp3) is 0.348. The van der Waals surface area contributed by atoms with Crippen LogP contribution >= 0.6 is 0 Å². The molecule has 1 aromatic carbocycles. The maximum Gasteiger partial charge on any atom is 0.291 e. The van der Waals surface area contributed by atoms with Gasteiger partial charge in [0.05, 0.1) is 18.5 Å². The molecule has 3 heterocycles. The molecule has 1 aliphatic heterocycles. The first-order valence-corrected chi connectivity index (χ1v) is 10.1. The van der Waals surface area contributed by atoms with Gasteiger partial charge in [0.15, 0.2) is 0 Å². The van der Waals surface area contributed by atoms with Gasteiger partial charge in [0.25, 0.3) is 5.91 Å². The monoisotopic (exact) mass is 406 g/mol. The first-order chi connectivity index (χ1) is 14.3. The summed E-state index contributed by atoms with van der Waals surface area (Å²) < 4.78 is 7.27. The summed E-state index contributed by atoms with van der Waals surface area (Å²) in [5, 5.41) is 9.76. The maximum atomic E-state index is 13.3. The quantitative estimate of drug-likeness (QED) is 0.705. The molecule has 0 saturated heterocycles. The van der Waals surface area contributed by atoms with E-state index in [2.05, 4.69) is 31.2 Å². The predicted molar refractivity (Wildman–Crippen MR) is 115 cm³/mol. The molecule has 1 aliphatic rings. The van der Waals surface area contributed by atoms with Gasteiger partial charge in [0.2, 0.25) is 5.91 Å². The molecule has 0 radical (unpaired) electrons. The van der Waals surface area contributed by atoms with Crippen LogP contribution in [0.1, 0.15) is 37.0 Å². The van der Waals surface area contributed by atoms with Crippen molar-refractivity contribution in [1.29, 1.82) is 0 Å². The van der Waals surface area contributed by atoms with Crippen LogP contribution in [0.15, 0.2) is 58.2 Å².